The van der Waals surface area contributed by atoms with Crippen LogP contribution >= 0.6 is 0 Å². The molecule has 1 aliphatic heterocycles. The second kappa shape index (κ2) is 6.89. The van der Waals surface area contributed by atoms with Crippen molar-refractivity contribution in [2.75, 3.05) is 40.3 Å². The molecule has 0 aliphatic carbocycles. The smallest absolute Gasteiger partial charge is 0.237 e. The lowest BCUT2D eigenvalue weighted by molar-refractivity contribution is -0.147. The molecule has 1 N–H and O–H groups in total. The van der Waals surface area contributed by atoms with Crippen LogP contribution in [-0.2, 0) is 9.59 Å². The molecule has 19 heavy (non-hydrogen) atoms. The van der Waals surface area contributed by atoms with Gasteiger partial charge in [-0.25, -0.2) is 0 Å². The zero-order chi connectivity index (χ0) is 14.5. The molecular formula is C14H27N3O2. The van der Waals surface area contributed by atoms with Crippen molar-refractivity contribution >= 4 is 11.8 Å². The van der Waals surface area contributed by atoms with Gasteiger partial charge in [-0.2, -0.15) is 0 Å². The van der Waals surface area contributed by atoms with E-state index in [0.717, 1.165) is 38.9 Å². The van der Waals surface area contributed by atoms with Gasteiger partial charge in [0.05, 0.1) is 0 Å². The molecule has 0 saturated carbocycles. The summed E-state index contributed by atoms with van der Waals surface area (Å²) in [6, 6.07) is 0. The van der Waals surface area contributed by atoms with Gasteiger partial charge in [0.25, 0.3) is 0 Å². The number of carbonyl (C=O) groups is 2. The Morgan fingerprint density at radius 3 is 2.32 bits per heavy atom. The molecule has 2 amide bonds. The van der Waals surface area contributed by atoms with Crippen LogP contribution in [0.2, 0.25) is 0 Å². The minimum atomic E-state index is -0.956. The van der Waals surface area contributed by atoms with Gasteiger partial charge in [0.2, 0.25) is 11.8 Å². The van der Waals surface area contributed by atoms with E-state index >= 15 is 0 Å². The first-order valence-electron chi connectivity index (χ1n) is 7.08. The second-order valence-corrected chi connectivity index (χ2v) is 6.04. The van der Waals surface area contributed by atoms with Crippen molar-refractivity contribution < 1.29 is 9.59 Å². The van der Waals surface area contributed by atoms with Gasteiger partial charge in [0.15, 0.2) is 0 Å². The van der Waals surface area contributed by atoms with Gasteiger partial charge in [0.1, 0.15) is 5.41 Å². The minimum Gasteiger partial charge on any atom is -0.355 e. The Morgan fingerprint density at radius 1 is 1.21 bits per heavy atom. The predicted octanol–water partition coefficient (Wildman–Crippen LogP) is 0.703. The molecule has 1 rings (SSSR count). The predicted molar refractivity (Wildman–Crippen MR) is 75.8 cm³/mol. The molecule has 0 spiro atoms. The first kappa shape index (κ1) is 16.0. The molecule has 0 bridgehead atoms. The summed E-state index contributed by atoms with van der Waals surface area (Å²) in [5.74, 6) is -0.210. The zero-order valence-electron chi connectivity index (χ0n) is 12.7. The molecule has 5 heteroatoms. The van der Waals surface area contributed by atoms with Gasteiger partial charge in [-0.15, -0.1) is 0 Å². The molecule has 5 nitrogen and oxygen atoms in total. The summed E-state index contributed by atoms with van der Waals surface area (Å²) >= 11 is 0. The van der Waals surface area contributed by atoms with E-state index in [1.54, 1.807) is 18.7 Å². The summed E-state index contributed by atoms with van der Waals surface area (Å²) in [4.78, 5) is 28.3. The highest BCUT2D eigenvalue weighted by Crippen LogP contribution is 2.22. The average molecular weight is 269 g/mol. The fourth-order valence-electron chi connectivity index (χ4n) is 2.23. The number of amides is 2. The lowest BCUT2D eigenvalue weighted by Crippen LogP contribution is -2.49. The molecule has 1 saturated heterocycles. The van der Waals surface area contributed by atoms with Crippen molar-refractivity contribution in [3.63, 3.8) is 0 Å². The zero-order valence-corrected chi connectivity index (χ0v) is 12.7. The standard InChI is InChI=1S/C14H27N3O2/c1-14(2,13(19)17-10-5-6-11-17)12(18)15-8-7-9-16(3)4/h5-11H2,1-4H3,(H,15,18). The van der Waals surface area contributed by atoms with Crippen LogP contribution in [0.25, 0.3) is 0 Å². The molecule has 1 heterocycles. The van der Waals surface area contributed by atoms with Crippen LogP contribution in [0.5, 0.6) is 0 Å². The van der Waals surface area contributed by atoms with Gasteiger partial charge >= 0.3 is 0 Å². The third-order valence-electron chi connectivity index (χ3n) is 3.56. The Hall–Kier alpha value is -1.10. The highest BCUT2D eigenvalue weighted by molar-refractivity contribution is 6.04. The highest BCUT2D eigenvalue weighted by atomic mass is 16.2. The minimum absolute atomic E-state index is 0.0462. The highest BCUT2D eigenvalue weighted by Gasteiger charge is 2.39. The first-order chi connectivity index (χ1) is 8.85. The normalized spacial score (nSPS) is 15.9. The summed E-state index contributed by atoms with van der Waals surface area (Å²) in [6.45, 7) is 6.56. The number of nitrogens with one attached hydrogen (secondary N) is 1. The van der Waals surface area contributed by atoms with Crippen molar-refractivity contribution in [3.05, 3.63) is 0 Å². The summed E-state index contributed by atoms with van der Waals surface area (Å²) in [6.07, 6.45) is 2.99. The van der Waals surface area contributed by atoms with E-state index in [-0.39, 0.29) is 11.8 Å². The van der Waals surface area contributed by atoms with Crippen molar-refractivity contribution in [1.82, 2.24) is 15.1 Å². The van der Waals surface area contributed by atoms with E-state index in [4.69, 9.17) is 0 Å². The topological polar surface area (TPSA) is 52.7 Å². The number of nitrogens with zero attached hydrogens (tertiary/aromatic N) is 2. The lowest BCUT2D eigenvalue weighted by atomic mass is 9.90. The van der Waals surface area contributed by atoms with Crippen molar-refractivity contribution in [1.29, 1.82) is 0 Å². The van der Waals surface area contributed by atoms with Crippen molar-refractivity contribution in [3.8, 4) is 0 Å². The van der Waals surface area contributed by atoms with Crippen LogP contribution in [0, 0.1) is 5.41 Å². The Balaban J connectivity index is 2.42. The van der Waals surface area contributed by atoms with Crippen LogP contribution in [0.1, 0.15) is 33.1 Å². The number of likely N-dealkylation sites (tertiary alicyclic amines) is 1. The Kier molecular flexibility index (Phi) is 5.79. The molecule has 0 radical (unpaired) electrons. The molecule has 0 aromatic carbocycles. The molecule has 0 atom stereocenters. The van der Waals surface area contributed by atoms with Gasteiger partial charge < -0.3 is 15.1 Å². The third kappa shape index (κ3) is 4.49. The number of hydrogen-bond donors (Lipinski definition) is 1. The molecule has 0 unspecified atom stereocenters. The van der Waals surface area contributed by atoms with Crippen LogP contribution in [-0.4, -0.2) is 61.9 Å². The maximum atomic E-state index is 12.3. The molecule has 1 fully saturated rings. The Labute approximate surface area is 116 Å². The van der Waals surface area contributed by atoms with Crippen molar-refractivity contribution in [2.45, 2.75) is 33.1 Å². The van der Waals surface area contributed by atoms with E-state index in [0.29, 0.717) is 6.54 Å². The molecule has 1 aliphatic rings. The van der Waals surface area contributed by atoms with Crippen LogP contribution < -0.4 is 5.32 Å². The molecule has 0 aromatic rings. The van der Waals surface area contributed by atoms with E-state index in [1.807, 2.05) is 14.1 Å². The molecular weight excluding hydrogens is 242 g/mol. The first-order valence-corrected chi connectivity index (χ1v) is 7.08. The fourth-order valence-corrected chi connectivity index (χ4v) is 2.23. The summed E-state index contributed by atoms with van der Waals surface area (Å²) < 4.78 is 0. The maximum Gasteiger partial charge on any atom is 0.237 e. The van der Waals surface area contributed by atoms with Crippen LogP contribution in [0.15, 0.2) is 0 Å². The second-order valence-electron chi connectivity index (χ2n) is 6.04. The van der Waals surface area contributed by atoms with Crippen LogP contribution in [0.3, 0.4) is 0 Å². The van der Waals surface area contributed by atoms with E-state index < -0.39 is 5.41 Å². The fraction of sp³-hybridized carbons (Fsp3) is 0.857. The SMILES string of the molecule is CN(C)CCCNC(=O)C(C)(C)C(=O)N1CCCC1. The van der Waals surface area contributed by atoms with E-state index in [2.05, 4.69) is 10.2 Å². The summed E-state index contributed by atoms with van der Waals surface area (Å²) in [5, 5.41) is 2.87. The number of rotatable bonds is 6. The molecule has 0 aromatic heterocycles. The average Bonchev–Trinajstić information content (AvgIpc) is 2.86. The van der Waals surface area contributed by atoms with Gasteiger partial charge in [-0.3, -0.25) is 9.59 Å². The van der Waals surface area contributed by atoms with E-state index in [9.17, 15) is 9.59 Å². The largest absolute Gasteiger partial charge is 0.355 e. The Bertz CT molecular complexity index is 321. The van der Waals surface area contributed by atoms with Gasteiger partial charge in [-0.1, -0.05) is 0 Å². The third-order valence-corrected chi connectivity index (χ3v) is 3.56. The summed E-state index contributed by atoms with van der Waals surface area (Å²) in [5.41, 5.74) is -0.956. The maximum absolute atomic E-state index is 12.3. The van der Waals surface area contributed by atoms with E-state index in [1.165, 1.54) is 0 Å². The monoisotopic (exact) mass is 269 g/mol. The number of carbonyl (C=O) groups excluding carboxylic acids is 2. The lowest BCUT2D eigenvalue weighted by Gasteiger charge is -2.28. The van der Waals surface area contributed by atoms with Gasteiger partial charge in [-0.05, 0) is 53.8 Å². The van der Waals surface area contributed by atoms with Crippen LogP contribution in [0.4, 0.5) is 0 Å². The summed E-state index contributed by atoms with van der Waals surface area (Å²) in [7, 11) is 4.01. The number of hydrogen-bond acceptors (Lipinski definition) is 3. The molecule has 110 valence electrons. The van der Waals surface area contributed by atoms with Gasteiger partial charge in [0, 0.05) is 19.6 Å². The Morgan fingerprint density at radius 2 is 1.79 bits per heavy atom. The van der Waals surface area contributed by atoms with Crippen molar-refractivity contribution in [2.24, 2.45) is 5.41 Å². The quantitative estimate of drug-likeness (QED) is 0.570.